The first kappa shape index (κ1) is 11.4. The molecule has 3 heteroatoms. The van der Waals surface area contributed by atoms with Crippen LogP contribution in [-0.4, -0.2) is 17.8 Å². The number of halogens is 1. The third-order valence-electron chi connectivity index (χ3n) is 2.78. The zero-order valence-corrected chi connectivity index (χ0v) is 10.8. The van der Waals surface area contributed by atoms with Gasteiger partial charge in [0.1, 0.15) is 0 Å². The fraction of sp³-hybridized carbons (Fsp3) is 0.308. The molecule has 0 atom stereocenters. The summed E-state index contributed by atoms with van der Waals surface area (Å²) in [5.74, 6) is 0.127. The molecule has 1 heterocycles. The standard InChI is InChI=1S/C13H14BrNO/c1-10(16)15-8-6-12-9-11(3-2-7-14)4-5-13(12)15/h2-5,9H,6-8H2,1H3. The van der Waals surface area contributed by atoms with Crippen LogP contribution in [0.1, 0.15) is 18.1 Å². The number of rotatable bonds is 2. The van der Waals surface area contributed by atoms with E-state index in [-0.39, 0.29) is 5.91 Å². The van der Waals surface area contributed by atoms with Crippen LogP contribution in [0.5, 0.6) is 0 Å². The number of alkyl halides is 1. The first-order chi connectivity index (χ1) is 7.72. The van der Waals surface area contributed by atoms with Gasteiger partial charge in [0.05, 0.1) is 0 Å². The Bertz CT molecular complexity index is 440. The predicted molar refractivity (Wildman–Crippen MR) is 71.0 cm³/mol. The lowest BCUT2D eigenvalue weighted by Crippen LogP contribution is -2.25. The van der Waals surface area contributed by atoms with E-state index in [1.54, 1.807) is 6.92 Å². The smallest absolute Gasteiger partial charge is 0.223 e. The second-order valence-corrected chi connectivity index (χ2v) is 4.51. The monoisotopic (exact) mass is 279 g/mol. The van der Waals surface area contributed by atoms with Crippen molar-refractivity contribution in [3.05, 3.63) is 35.4 Å². The summed E-state index contributed by atoms with van der Waals surface area (Å²) in [5.41, 5.74) is 3.54. The Morgan fingerprint density at radius 1 is 1.56 bits per heavy atom. The van der Waals surface area contributed by atoms with Crippen LogP contribution < -0.4 is 4.90 Å². The molecule has 0 saturated heterocycles. The summed E-state index contributed by atoms with van der Waals surface area (Å²) in [6.07, 6.45) is 5.12. The second kappa shape index (κ2) is 4.83. The maximum atomic E-state index is 11.4. The van der Waals surface area contributed by atoms with Gasteiger partial charge in [-0.25, -0.2) is 0 Å². The maximum Gasteiger partial charge on any atom is 0.223 e. The van der Waals surface area contributed by atoms with Gasteiger partial charge in [0.2, 0.25) is 5.91 Å². The lowest BCUT2D eigenvalue weighted by Gasteiger charge is -2.14. The zero-order chi connectivity index (χ0) is 11.5. The van der Waals surface area contributed by atoms with Crippen LogP contribution in [-0.2, 0) is 11.2 Å². The highest BCUT2D eigenvalue weighted by molar-refractivity contribution is 9.09. The van der Waals surface area contributed by atoms with E-state index in [4.69, 9.17) is 0 Å². The largest absolute Gasteiger partial charge is 0.312 e. The molecule has 2 rings (SSSR count). The van der Waals surface area contributed by atoms with E-state index in [0.717, 1.165) is 24.0 Å². The van der Waals surface area contributed by atoms with E-state index in [0.29, 0.717) is 0 Å². The molecule has 0 aliphatic carbocycles. The Balaban J connectivity index is 2.29. The number of hydrogen-bond donors (Lipinski definition) is 0. The summed E-state index contributed by atoms with van der Waals surface area (Å²) in [5, 5.41) is 0.865. The molecule has 0 unspecified atom stereocenters. The molecular formula is C13H14BrNO. The van der Waals surface area contributed by atoms with Gasteiger partial charge >= 0.3 is 0 Å². The van der Waals surface area contributed by atoms with Crippen LogP contribution in [0.25, 0.3) is 6.08 Å². The Kier molecular flexibility index (Phi) is 3.44. The van der Waals surface area contributed by atoms with Gasteiger partial charge in [-0.3, -0.25) is 4.79 Å². The van der Waals surface area contributed by atoms with Crippen molar-refractivity contribution in [2.45, 2.75) is 13.3 Å². The predicted octanol–water partition coefficient (Wildman–Crippen LogP) is 3.00. The molecule has 1 aromatic carbocycles. The molecule has 1 amide bonds. The molecule has 0 fully saturated rings. The van der Waals surface area contributed by atoms with Crippen LogP contribution in [0.3, 0.4) is 0 Å². The van der Waals surface area contributed by atoms with Gasteiger partial charge in [-0.2, -0.15) is 0 Å². The van der Waals surface area contributed by atoms with Gasteiger partial charge < -0.3 is 4.90 Å². The van der Waals surface area contributed by atoms with Crippen molar-refractivity contribution >= 4 is 33.6 Å². The molecule has 0 saturated carbocycles. The highest BCUT2D eigenvalue weighted by Crippen LogP contribution is 2.29. The topological polar surface area (TPSA) is 20.3 Å². The first-order valence-electron chi connectivity index (χ1n) is 5.36. The van der Waals surface area contributed by atoms with Gasteiger partial charge in [-0.1, -0.05) is 34.1 Å². The Morgan fingerprint density at radius 2 is 2.38 bits per heavy atom. The Hall–Kier alpha value is -1.09. The highest BCUT2D eigenvalue weighted by atomic mass is 79.9. The molecule has 84 valence electrons. The van der Waals surface area contributed by atoms with Crippen molar-refractivity contribution < 1.29 is 4.79 Å². The SMILES string of the molecule is CC(=O)N1CCc2cc(C=CCBr)ccc21. The molecule has 1 aromatic rings. The number of hydrogen-bond acceptors (Lipinski definition) is 1. The number of benzene rings is 1. The van der Waals surface area contributed by atoms with Gasteiger partial charge in [-0.15, -0.1) is 0 Å². The third kappa shape index (κ3) is 2.19. The number of carbonyl (C=O) groups is 1. The summed E-state index contributed by atoms with van der Waals surface area (Å²) in [6, 6.07) is 6.26. The van der Waals surface area contributed by atoms with Crippen molar-refractivity contribution in [1.82, 2.24) is 0 Å². The van der Waals surface area contributed by atoms with Crippen LogP contribution in [0.4, 0.5) is 5.69 Å². The molecule has 0 aromatic heterocycles. The van der Waals surface area contributed by atoms with Crippen molar-refractivity contribution in [1.29, 1.82) is 0 Å². The number of anilines is 1. The number of allylic oxidation sites excluding steroid dienone is 1. The van der Waals surface area contributed by atoms with E-state index in [1.165, 1.54) is 11.1 Å². The number of amides is 1. The van der Waals surface area contributed by atoms with Gasteiger partial charge in [0.25, 0.3) is 0 Å². The van der Waals surface area contributed by atoms with E-state index < -0.39 is 0 Å². The summed E-state index contributed by atoms with van der Waals surface area (Å²) >= 11 is 3.36. The first-order valence-corrected chi connectivity index (χ1v) is 6.48. The molecule has 0 radical (unpaired) electrons. The zero-order valence-electron chi connectivity index (χ0n) is 9.24. The van der Waals surface area contributed by atoms with Crippen molar-refractivity contribution in [3.63, 3.8) is 0 Å². The summed E-state index contributed by atoms with van der Waals surface area (Å²) in [6.45, 7) is 2.43. The normalized spacial score (nSPS) is 14.5. The highest BCUT2D eigenvalue weighted by Gasteiger charge is 2.21. The molecular weight excluding hydrogens is 266 g/mol. The minimum absolute atomic E-state index is 0.127. The van der Waals surface area contributed by atoms with Gasteiger partial charge in [-0.05, 0) is 29.7 Å². The molecule has 0 N–H and O–H groups in total. The maximum absolute atomic E-state index is 11.4. The van der Waals surface area contributed by atoms with Crippen LogP contribution in [0.15, 0.2) is 24.3 Å². The molecule has 1 aliphatic heterocycles. The molecule has 16 heavy (non-hydrogen) atoms. The van der Waals surface area contributed by atoms with E-state index >= 15 is 0 Å². The summed E-state index contributed by atoms with van der Waals surface area (Å²) < 4.78 is 0. The number of fused-ring (bicyclic) bond motifs is 1. The van der Waals surface area contributed by atoms with Crippen LogP contribution in [0.2, 0.25) is 0 Å². The van der Waals surface area contributed by atoms with Crippen molar-refractivity contribution in [3.8, 4) is 0 Å². The quantitative estimate of drug-likeness (QED) is 0.763. The van der Waals surface area contributed by atoms with E-state index in [2.05, 4.69) is 40.2 Å². The fourth-order valence-electron chi connectivity index (χ4n) is 2.03. The van der Waals surface area contributed by atoms with Gasteiger partial charge in [0, 0.05) is 24.5 Å². The van der Waals surface area contributed by atoms with Crippen LogP contribution >= 0.6 is 15.9 Å². The molecule has 0 bridgehead atoms. The fourth-order valence-corrected chi connectivity index (χ4v) is 2.22. The van der Waals surface area contributed by atoms with Crippen molar-refractivity contribution in [2.75, 3.05) is 16.8 Å². The second-order valence-electron chi connectivity index (χ2n) is 3.87. The molecule has 2 nitrogen and oxygen atoms in total. The van der Waals surface area contributed by atoms with E-state index in [9.17, 15) is 4.79 Å². The number of nitrogens with zero attached hydrogens (tertiary/aromatic N) is 1. The summed E-state index contributed by atoms with van der Waals surface area (Å²) in [4.78, 5) is 13.2. The van der Waals surface area contributed by atoms with Crippen LogP contribution in [0, 0.1) is 0 Å². The minimum Gasteiger partial charge on any atom is -0.312 e. The third-order valence-corrected chi connectivity index (χ3v) is 3.15. The Labute approximate surface area is 104 Å². The Morgan fingerprint density at radius 3 is 3.06 bits per heavy atom. The average Bonchev–Trinajstić information content (AvgIpc) is 2.69. The summed E-state index contributed by atoms with van der Waals surface area (Å²) in [7, 11) is 0. The minimum atomic E-state index is 0.127. The number of carbonyl (C=O) groups excluding carboxylic acids is 1. The van der Waals surface area contributed by atoms with Gasteiger partial charge in [0.15, 0.2) is 0 Å². The van der Waals surface area contributed by atoms with E-state index in [1.807, 2.05) is 11.0 Å². The molecule has 1 aliphatic rings. The lowest BCUT2D eigenvalue weighted by atomic mass is 10.1. The lowest BCUT2D eigenvalue weighted by molar-refractivity contribution is -0.116. The van der Waals surface area contributed by atoms with Crippen molar-refractivity contribution in [2.24, 2.45) is 0 Å². The molecule has 0 spiro atoms. The average molecular weight is 280 g/mol.